The first-order valence-corrected chi connectivity index (χ1v) is 6.31. The largest absolute Gasteiger partial charge is 0.497 e. The predicted molar refractivity (Wildman–Crippen MR) is 76.1 cm³/mol. The van der Waals surface area contributed by atoms with Crippen LogP contribution in [0.25, 0.3) is 0 Å². The van der Waals surface area contributed by atoms with Gasteiger partial charge in [0.1, 0.15) is 17.3 Å². The molecule has 1 aliphatic heterocycles. The van der Waals surface area contributed by atoms with Crippen molar-refractivity contribution in [2.45, 2.75) is 19.8 Å². The molecule has 0 saturated carbocycles. The van der Waals surface area contributed by atoms with E-state index in [-0.39, 0.29) is 5.92 Å². The molecule has 1 aromatic carbocycles. The van der Waals surface area contributed by atoms with Crippen LogP contribution in [0.1, 0.15) is 25.3 Å². The average Bonchev–Trinajstić information content (AvgIpc) is 2.46. The zero-order chi connectivity index (χ0) is 13.8. The zero-order valence-electron chi connectivity index (χ0n) is 11.5. The van der Waals surface area contributed by atoms with E-state index in [2.05, 4.69) is 17.1 Å². The Balaban J connectivity index is 2.49. The third-order valence-corrected chi connectivity index (χ3v) is 3.30. The number of hydrogen-bond donors (Lipinski definition) is 1. The molecular formula is C14H19N3O2. The van der Waals surface area contributed by atoms with Gasteiger partial charge in [-0.3, -0.25) is 0 Å². The highest BCUT2D eigenvalue weighted by atomic mass is 16.5. The summed E-state index contributed by atoms with van der Waals surface area (Å²) in [7, 11) is 3.29. The van der Waals surface area contributed by atoms with Crippen LogP contribution in [0.2, 0.25) is 0 Å². The maximum Gasteiger partial charge on any atom is 0.128 e. The Kier molecular flexibility index (Phi) is 4.04. The Morgan fingerprint density at radius 3 is 2.68 bits per heavy atom. The lowest BCUT2D eigenvalue weighted by Gasteiger charge is -2.21. The third kappa shape index (κ3) is 2.70. The zero-order valence-corrected chi connectivity index (χ0v) is 11.5. The Morgan fingerprint density at radius 1 is 1.26 bits per heavy atom. The monoisotopic (exact) mass is 261 g/mol. The summed E-state index contributed by atoms with van der Waals surface area (Å²) >= 11 is 0. The Bertz CT molecular complexity index is 523. The first-order valence-electron chi connectivity index (χ1n) is 6.31. The fourth-order valence-electron chi connectivity index (χ4n) is 2.22. The smallest absolute Gasteiger partial charge is 0.128 e. The summed E-state index contributed by atoms with van der Waals surface area (Å²) in [5, 5.41) is 8.26. The number of hydrogen-bond acceptors (Lipinski definition) is 5. The van der Waals surface area contributed by atoms with Gasteiger partial charge in [-0.1, -0.05) is 6.92 Å². The van der Waals surface area contributed by atoms with Gasteiger partial charge in [0.2, 0.25) is 0 Å². The molecule has 0 amide bonds. The lowest BCUT2D eigenvalue weighted by Crippen LogP contribution is -2.27. The molecule has 2 N–H and O–H groups in total. The SMILES string of the molecule is CCC1CC(N)=NN=C1c1cc(OC)ccc1OC. The van der Waals surface area contributed by atoms with Crippen molar-refractivity contribution in [3.05, 3.63) is 23.8 Å². The van der Waals surface area contributed by atoms with Gasteiger partial charge >= 0.3 is 0 Å². The summed E-state index contributed by atoms with van der Waals surface area (Å²) in [5.41, 5.74) is 7.59. The van der Waals surface area contributed by atoms with Crippen LogP contribution in [0.5, 0.6) is 11.5 Å². The van der Waals surface area contributed by atoms with Crippen molar-refractivity contribution in [2.24, 2.45) is 21.9 Å². The quantitative estimate of drug-likeness (QED) is 0.903. The molecule has 0 aromatic heterocycles. The Morgan fingerprint density at radius 2 is 2.05 bits per heavy atom. The van der Waals surface area contributed by atoms with Crippen LogP contribution < -0.4 is 15.2 Å². The molecule has 0 bridgehead atoms. The molecule has 0 aliphatic carbocycles. The van der Waals surface area contributed by atoms with E-state index >= 15 is 0 Å². The van der Waals surface area contributed by atoms with Crippen LogP contribution in [0.3, 0.4) is 0 Å². The lowest BCUT2D eigenvalue weighted by molar-refractivity contribution is 0.402. The number of benzene rings is 1. The fourth-order valence-corrected chi connectivity index (χ4v) is 2.22. The van der Waals surface area contributed by atoms with E-state index in [0.29, 0.717) is 5.84 Å². The fraction of sp³-hybridized carbons (Fsp3) is 0.429. The van der Waals surface area contributed by atoms with Crippen LogP contribution >= 0.6 is 0 Å². The summed E-state index contributed by atoms with van der Waals surface area (Å²) in [4.78, 5) is 0. The standard InChI is InChI=1S/C14H19N3O2/c1-4-9-7-13(15)16-17-14(9)11-8-10(18-2)5-6-12(11)19-3/h5-6,8-9H,4,7H2,1-3H3,(H2,15,16). The molecule has 1 atom stereocenters. The van der Waals surface area contributed by atoms with Crippen molar-refractivity contribution in [3.8, 4) is 11.5 Å². The molecule has 19 heavy (non-hydrogen) atoms. The van der Waals surface area contributed by atoms with Gasteiger partial charge in [0, 0.05) is 17.9 Å². The molecule has 5 nitrogen and oxygen atoms in total. The molecular weight excluding hydrogens is 242 g/mol. The maximum atomic E-state index is 5.75. The second-order valence-corrected chi connectivity index (χ2v) is 4.45. The van der Waals surface area contributed by atoms with Gasteiger partial charge in [-0.2, -0.15) is 5.10 Å². The van der Waals surface area contributed by atoms with Gasteiger partial charge in [0.15, 0.2) is 0 Å². The molecule has 5 heteroatoms. The van der Waals surface area contributed by atoms with Crippen molar-refractivity contribution in [2.75, 3.05) is 14.2 Å². The first-order chi connectivity index (χ1) is 9.19. The van der Waals surface area contributed by atoms with E-state index in [9.17, 15) is 0 Å². The first kappa shape index (κ1) is 13.4. The maximum absolute atomic E-state index is 5.75. The molecule has 0 saturated heterocycles. The molecule has 0 radical (unpaired) electrons. The van der Waals surface area contributed by atoms with Crippen LogP contribution in [-0.2, 0) is 0 Å². The molecule has 1 aliphatic rings. The number of rotatable bonds is 4. The van der Waals surface area contributed by atoms with Gasteiger partial charge in [0.25, 0.3) is 0 Å². The number of methoxy groups -OCH3 is 2. The molecule has 0 fully saturated rings. The normalized spacial score (nSPS) is 18.6. The van der Waals surface area contributed by atoms with E-state index in [1.54, 1.807) is 14.2 Å². The minimum absolute atomic E-state index is 0.263. The second kappa shape index (κ2) is 5.73. The van der Waals surface area contributed by atoms with Gasteiger partial charge in [-0.05, 0) is 24.6 Å². The van der Waals surface area contributed by atoms with E-state index in [4.69, 9.17) is 15.2 Å². The number of ether oxygens (including phenoxy) is 2. The number of amidine groups is 1. The van der Waals surface area contributed by atoms with Crippen LogP contribution in [0, 0.1) is 5.92 Å². The van der Waals surface area contributed by atoms with Crippen molar-refractivity contribution >= 4 is 11.5 Å². The highest BCUT2D eigenvalue weighted by Gasteiger charge is 2.24. The van der Waals surface area contributed by atoms with Gasteiger partial charge in [-0.15, -0.1) is 5.10 Å². The summed E-state index contributed by atoms with van der Waals surface area (Å²) < 4.78 is 10.7. The summed E-state index contributed by atoms with van der Waals surface area (Å²) in [5.74, 6) is 2.39. The highest BCUT2D eigenvalue weighted by molar-refractivity contribution is 6.07. The summed E-state index contributed by atoms with van der Waals surface area (Å²) in [6.45, 7) is 2.12. The molecule has 1 aromatic rings. The molecule has 1 unspecified atom stereocenters. The van der Waals surface area contributed by atoms with E-state index in [0.717, 1.165) is 35.6 Å². The van der Waals surface area contributed by atoms with Crippen molar-refractivity contribution < 1.29 is 9.47 Å². The topological polar surface area (TPSA) is 69.2 Å². The summed E-state index contributed by atoms with van der Waals surface area (Å²) in [6.07, 6.45) is 1.69. The van der Waals surface area contributed by atoms with E-state index in [1.165, 1.54) is 0 Å². The third-order valence-electron chi connectivity index (χ3n) is 3.30. The molecule has 2 rings (SSSR count). The minimum Gasteiger partial charge on any atom is -0.497 e. The highest BCUT2D eigenvalue weighted by Crippen LogP contribution is 2.30. The Hall–Kier alpha value is -2.04. The molecule has 1 heterocycles. The van der Waals surface area contributed by atoms with Crippen molar-refractivity contribution in [3.63, 3.8) is 0 Å². The molecule has 102 valence electrons. The van der Waals surface area contributed by atoms with Crippen LogP contribution in [0.4, 0.5) is 0 Å². The van der Waals surface area contributed by atoms with Gasteiger partial charge < -0.3 is 15.2 Å². The lowest BCUT2D eigenvalue weighted by atomic mass is 9.90. The average molecular weight is 261 g/mol. The predicted octanol–water partition coefficient (Wildman–Crippen LogP) is 2.20. The van der Waals surface area contributed by atoms with E-state index < -0.39 is 0 Å². The van der Waals surface area contributed by atoms with Crippen LogP contribution in [0.15, 0.2) is 28.4 Å². The van der Waals surface area contributed by atoms with Gasteiger partial charge in [0.05, 0.1) is 19.9 Å². The second-order valence-electron chi connectivity index (χ2n) is 4.45. The molecule has 0 spiro atoms. The number of nitrogens with two attached hydrogens (primary N) is 1. The number of nitrogens with zero attached hydrogens (tertiary/aromatic N) is 2. The minimum atomic E-state index is 0.263. The Labute approximate surface area is 113 Å². The summed E-state index contributed by atoms with van der Waals surface area (Å²) in [6, 6.07) is 5.67. The van der Waals surface area contributed by atoms with E-state index in [1.807, 2.05) is 18.2 Å². The van der Waals surface area contributed by atoms with Crippen molar-refractivity contribution in [1.82, 2.24) is 0 Å². The van der Waals surface area contributed by atoms with Crippen LogP contribution in [-0.4, -0.2) is 25.8 Å². The van der Waals surface area contributed by atoms with Crippen molar-refractivity contribution in [1.29, 1.82) is 0 Å². The van der Waals surface area contributed by atoms with Gasteiger partial charge in [-0.25, -0.2) is 0 Å².